The maximum absolute atomic E-state index is 11.0. The van der Waals surface area contributed by atoms with E-state index in [9.17, 15) is 19.2 Å². The molecule has 0 aromatic heterocycles. The molecule has 0 heterocycles. The second kappa shape index (κ2) is 6.71. The van der Waals surface area contributed by atoms with Crippen LogP contribution < -0.4 is 0 Å². The Balaban J connectivity index is 4.14. The van der Waals surface area contributed by atoms with Crippen molar-refractivity contribution in [3.8, 4) is 0 Å². The zero-order valence-electron chi connectivity index (χ0n) is 9.44. The first-order chi connectivity index (χ1) is 7.42. The number of hydrogen-bond donors (Lipinski definition) is 0. The summed E-state index contributed by atoms with van der Waals surface area (Å²) in [7, 11) is 0. The van der Waals surface area contributed by atoms with Crippen LogP contribution in [-0.4, -0.2) is 29.8 Å². The van der Waals surface area contributed by atoms with Crippen molar-refractivity contribution in [2.24, 2.45) is 0 Å². The fraction of sp³-hybridized carbons (Fsp3) is 0.600. The molecule has 0 aliphatic carbocycles. The molecular weight excluding hydrogens is 216 g/mol. The number of rotatable bonds is 6. The first kappa shape index (κ1) is 14.3. The molecule has 6 heteroatoms. The summed E-state index contributed by atoms with van der Waals surface area (Å²) in [5.41, 5.74) is 0. The molecule has 0 saturated carbocycles. The van der Waals surface area contributed by atoms with Crippen LogP contribution in [0.25, 0.3) is 0 Å². The molecule has 0 fully saturated rings. The van der Waals surface area contributed by atoms with Crippen molar-refractivity contribution in [1.82, 2.24) is 0 Å². The van der Waals surface area contributed by atoms with Crippen molar-refractivity contribution >= 4 is 23.5 Å². The Kier molecular flexibility index (Phi) is 5.99. The molecule has 0 N–H and O–H groups in total. The fourth-order valence-electron chi connectivity index (χ4n) is 0.746. The number of carbonyl (C=O) groups excluding carboxylic acids is 4. The van der Waals surface area contributed by atoms with Gasteiger partial charge in [0.05, 0.1) is 0 Å². The lowest BCUT2D eigenvalue weighted by Gasteiger charge is -2.12. The van der Waals surface area contributed by atoms with Gasteiger partial charge < -0.3 is 9.47 Å². The Morgan fingerprint density at radius 2 is 1.19 bits per heavy atom. The lowest BCUT2D eigenvalue weighted by atomic mass is 10.3. The van der Waals surface area contributed by atoms with Gasteiger partial charge in [-0.05, 0) is 0 Å². The van der Waals surface area contributed by atoms with E-state index in [1.807, 2.05) is 0 Å². The van der Waals surface area contributed by atoms with Crippen molar-refractivity contribution < 1.29 is 28.7 Å². The molecule has 0 aromatic carbocycles. The molecule has 0 saturated heterocycles. The van der Waals surface area contributed by atoms with E-state index < -0.39 is 29.8 Å². The van der Waals surface area contributed by atoms with Crippen LogP contribution in [0.3, 0.4) is 0 Å². The first-order valence-corrected chi connectivity index (χ1v) is 4.89. The SMILES string of the molecule is CCC(=O)C(=O)OC(C)OC(=O)C(=O)CC. The van der Waals surface area contributed by atoms with Crippen LogP contribution in [0.15, 0.2) is 0 Å². The average Bonchev–Trinajstić information content (AvgIpc) is 2.26. The third kappa shape index (κ3) is 4.68. The summed E-state index contributed by atoms with van der Waals surface area (Å²) in [5, 5.41) is 0. The van der Waals surface area contributed by atoms with Gasteiger partial charge in [-0.15, -0.1) is 0 Å². The summed E-state index contributed by atoms with van der Waals surface area (Å²) < 4.78 is 8.97. The summed E-state index contributed by atoms with van der Waals surface area (Å²) in [6.45, 7) is 4.25. The van der Waals surface area contributed by atoms with Crippen molar-refractivity contribution in [3.63, 3.8) is 0 Å². The van der Waals surface area contributed by atoms with Gasteiger partial charge in [0.1, 0.15) is 0 Å². The predicted molar refractivity (Wildman–Crippen MR) is 52.2 cm³/mol. The Morgan fingerprint density at radius 3 is 1.44 bits per heavy atom. The highest BCUT2D eigenvalue weighted by molar-refractivity contribution is 6.34. The molecule has 0 amide bonds. The van der Waals surface area contributed by atoms with E-state index in [-0.39, 0.29) is 12.8 Å². The largest absolute Gasteiger partial charge is 0.420 e. The predicted octanol–water partition coefficient (Wildman–Crippen LogP) is 0.377. The van der Waals surface area contributed by atoms with Crippen molar-refractivity contribution in [1.29, 1.82) is 0 Å². The number of Topliss-reactive ketones (excluding diaryl/α,β-unsaturated/α-hetero) is 2. The number of ether oxygens (including phenoxy) is 2. The molecule has 0 rings (SSSR count). The maximum atomic E-state index is 11.0. The first-order valence-electron chi connectivity index (χ1n) is 4.89. The monoisotopic (exact) mass is 230 g/mol. The van der Waals surface area contributed by atoms with Crippen LogP contribution in [-0.2, 0) is 28.7 Å². The quantitative estimate of drug-likeness (QED) is 0.372. The number of ketones is 2. The molecule has 0 bridgehead atoms. The molecular formula is C10H14O6. The second-order valence-corrected chi connectivity index (χ2v) is 2.93. The molecule has 0 aliphatic heterocycles. The standard InChI is InChI=1S/C10H14O6/c1-4-7(11)9(13)15-6(3)16-10(14)8(12)5-2/h6H,4-5H2,1-3H3. The van der Waals surface area contributed by atoms with Crippen LogP contribution >= 0.6 is 0 Å². The fourth-order valence-corrected chi connectivity index (χ4v) is 0.746. The minimum absolute atomic E-state index is 0.00733. The lowest BCUT2D eigenvalue weighted by molar-refractivity contribution is -0.187. The normalized spacial score (nSPS) is 9.75. The minimum Gasteiger partial charge on any atom is -0.420 e. The number of esters is 2. The van der Waals surface area contributed by atoms with Gasteiger partial charge in [0.2, 0.25) is 17.9 Å². The van der Waals surface area contributed by atoms with E-state index in [1.165, 1.54) is 20.8 Å². The van der Waals surface area contributed by atoms with Crippen molar-refractivity contribution in [2.45, 2.75) is 39.9 Å². The van der Waals surface area contributed by atoms with Crippen LogP contribution in [0.5, 0.6) is 0 Å². The number of carbonyl (C=O) groups is 4. The van der Waals surface area contributed by atoms with Gasteiger partial charge >= 0.3 is 11.9 Å². The van der Waals surface area contributed by atoms with Crippen LogP contribution in [0, 0.1) is 0 Å². The summed E-state index contributed by atoms with van der Waals surface area (Å²) in [5.74, 6) is -3.59. The summed E-state index contributed by atoms with van der Waals surface area (Å²) >= 11 is 0. The Hall–Kier alpha value is -1.72. The van der Waals surface area contributed by atoms with Gasteiger partial charge in [0, 0.05) is 19.8 Å². The van der Waals surface area contributed by atoms with Gasteiger partial charge in [-0.2, -0.15) is 0 Å². The topological polar surface area (TPSA) is 86.7 Å². The van der Waals surface area contributed by atoms with Crippen molar-refractivity contribution in [2.75, 3.05) is 0 Å². The van der Waals surface area contributed by atoms with Crippen molar-refractivity contribution in [3.05, 3.63) is 0 Å². The highest BCUT2D eigenvalue weighted by Gasteiger charge is 2.21. The van der Waals surface area contributed by atoms with E-state index in [2.05, 4.69) is 9.47 Å². The smallest absolute Gasteiger partial charge is 0.377 e. The summed E-state index contributed by atoms with van der Waals surface area (Å²) in [4.78, 5) is 43.6. The molecule has 0 aromatic rings. The summed E-state index contributed by atoms with van der Waals surface area (Å²) in [6.07, 6.45) is -1.23. The Morgan fingerprint density at radius 1 is 0.875 bits per heavy atom. The maximum Gasteiger partial charge on any atom is 0.377 e. The zero-order chi connectivity index (χ0) is 12.7. The summed E-state index contributed by atoms with van der Waals surface area (Å²) in [6, 6.07) is 0. The number of hydrogen-bond acceptors (Lipinski definition) is 6. The Bertz CT molecular complexity index is 276. The molecule has 90 valence electrons. The van der Waals surface area contributed by atoms with Gasteiger partial charge in [-0.1, -0.05) is 13.8 Å². The molecule has 6 nitrogen and oxygen atoms in total. The second-order valence-electron chi connectivity index (χ2n) is 2.93. The average molecular weight is 230 g/mol. The van der Waals surface area contributed by atoms with E-state index in [0.717, 1.165) is 0 Å². The molecule has 0 aliphatic rings. The highest BCUT2D eigenvalue weighted by Crippen LogP contribution is 1.99. The molecule has 0 radical (unpaired) electrons. The van der Waals surface area contributed by atoms with E-state index in [1.54, 1.807) is 0 Å². The molecule has 0 spiro atoms. The lowest BCUT2D eigenvalue weighted by Crippen LogP contribution is -2.28. The van der Waals surface area contributed by atoms with Gasteiger partial charge in [-0.3, -0.25) is 9.59 Å². The van der Waals surface area contributed by atoms with E-state index >= 15 is 0 Å². The zero-order valence-corrected chi connectivity index (χ0v) is 9.44. The third-order valence-electron chi connectivity index (χ3n) is 1.64. The molecule has 0 unspecified atom stereocenters. The highest BCUT2D eigenvalue weighted by atomic mass is 16.7. The van der Waals surface area contributed by atoms with Gasteiger partial charge in [0.25, 0.3) is 0 Å². The van der Waals surface area contributed by atoms with Crippen LogP contribution in [0.1, 0.15) is 33.6 Å². The molecule has 0 atom stereocenters. The van der Waals surface area contributed by atoms with E-state index in [0.29, 0.717) is 0 Å². The minimum atomic E-state index is -1.24. The van der Waals surface area contributed by atoms with Crippen LogP contribution in [0.2, 0.25) is 0 Å². The third-order valence-corrected chi connectivity index (χ3v) is 1.64. The van der Waals surface area contributed by atoms with Crippen LogP contribution in [0.4, 0.5) is 0 Å². The van der Waals surface area contributed by atoms with Gasteiger partial charge in [-0.25, -0.2) is 9.59 Å². The van der Waals surface area contributed by atoms with E-state index in [4.69, 9.17) is 0 Å². The molecule has 16 heavy (non-hydrogen) atoms. The van der Waals surface area contributed by atoms with Gasteiger partial charge in [0.15, 0.2) is 0 Å². The Labute approximate surface area is 92.9 Å².